The summed E-state index contributed by atoms with van der Waals surface area (Å²) in [5, 5.41) is 14.0. The molecule has 2 heterocycles. The third kappa shape index (κ3) is 5.55. The first-order chi connectivity index (χ1) is 17.9. The fourth-order valence-electron chi connectivity index (χ4n) is 5.25. The van der Waals surface area contributed by atoms with Crippen LogP contribution in [0, 0.1) is 13.8 Å². The lowest BCUT2D eigenvalue weighted by Crippen LogP contribution is -3.11. The number of esters is 1. The minimum Gasteiger partial charge on any atom is -0.872 e. The van der Waals surface area contributed by atoms with Crippen molar-refractivity contribution >= 4 is 23.4 Å². The number of Topliss-reactive ketones (excluding diaryl/α,β-unsaturated/α-hetero) is 1. The molecular weight excluding hydrogens is 482 g/mol. The molecule has 206 valence electrons. The number of aryl methyl sites for hydroxylation is 1. The zero-order valence-corrected chi connectivity index (χ0v) is 23.9. The van der Waals surface area contributed by atoms with Crippen molar-refractivity contribution in [3.05, 3.63) is 63.5 Å². The minimum absolute atomic E-state index is 0.0714. The van der Waals surface area contributed by atoms with Gasteiger partial charge in [-0.25, -0.2) is 4.79 Å². The van der Waals surface area contributed by atoms with E-state index in [0.717, 1.165) is 30.8 Å². The van der Waals surface area contributed by atoms with Crippen LogP contribution in [0.1, 0.15) is 85.5 Å². The van der Waals surface area contributed by atoms with Crippen LogP contribution in [-0.2, 0) is 19.7 Å². The van der Waals surface area contributed by atoms with Crippen molar-refractivity contribution < 1.29 is 29.1 Å². The molecule has 3 rings (SSSR count). The Bertz CT molecular complexity index is 1230. The molecule has 8 nitrogen and oxygen atoms in total. The molecule has 8 heteroatoms. The first-order valence-electron chi connectivity index (χ1n) is 13.4. The molecule has 1 aromatic carbocycles. The number of carbonyl (C=O) groups excluding carboxylic acids is 3. The predicted molar refractivity (Wildman–Crippen MR) is 145 cm³/mol. The van der Waals surface area contributed by atoms with Gasteiger partial charge in [0.15, 0.2) is 0 Å². The molecule has 1 fully saturated rings. The SMILES string of the molecule is CC[NH+](CC)CCCN1C(=O)C(=O)C(=C([O-])c2c(C)[nH]c(C(=O)OC)c2C)C1c1ccc(C(C)(C)C)cc1. The number of quaternary nitrogens is 1. The largest absolute Gasteiger partial charge is 0.872 e. The van der Waals surface area contributed by atoms with Crippen molar-refractivity contribution in [3.8, 4) is 0 Å². The van der Waals surface area contributed by atoms with Gasteiger partial charge in [0.05, 0.1) is 32.8 Å². The number of amides is 1. The van der Waals surface area contributed by atoms with E-state index < -0.39 is 29.5 Å². The van der Waals surface area contributed by atoms with Crippen LogP contribution < -0.4 is 10.0 Å². The Morgan fingerprint density at radius 3 is 2.24 bits per heavy atom. The second-order valence-corrected chi connectivity index (χ2v) is 11.0. The highest BCUT2D eigenvalue weighted by Crippen LogP contribution is 2.40. The summed E-state index contributed by atoms with van der Waals surface area (Å²) in [5.41, 5.74) is 2.93. The summed E-state index contributed by atoms with van der Waals surface area (Å²) in [6.45, 7) is 17.1. The molecule has 1 saturated heterocycles. The van der Waals surface area contributed by atoms with Crippen molar-refractivity contribution in [2.45, 2.75) is 66.3 Å². The van der Waals surface area contributed by atoms with Gasteiger partial charge in [0, 0.05) is 24.2 Å². The maximum Gasteiger partial charge on any atom is 0.354 e. The van der Waals surface area contributed by atoms with Crippen LogP contribution in [0.15, 0.2) is 29.8 Å². The van der Waals surface area contributed by atoms with Crippen LogP contribution in [-0.4, -0.2) is 60.8 Å². The van der Waals surface area contributed by atoms with E-state index in [0.29, 0.717) is 24.2 Å². The van der Waals surface area contributed by atoms with Crippen LogP contribution in [0.4, 0.5) is 0 Å². The Morgan fingerprint density at radius 1 is 1.11 bits per heavy atom. The second kappa shape index (κ2) is 11.6. The van der Waals surface area contributed by atoms with Gasteiger partial charge in [-0.1, -0.05) is 50.8 Å². The molecule has 38 heavy (non-hydrogen) atoms. The highest BCUT2D eigenvalue weighted by Gasteiger charge is 2.44. The van der Waals surface area contributed by atoms with E-state index in [4.69, 9.17) is 4.74 Å². The maximum atomic E-state index is 14.0. The highest BCUT2D eigenvalue weighted by molar-refractivity contribution is 6.46. The summed E-state index contributed by atoms with van der Waals surface area (Å²) in [7, 11) is 1.27. The Balaban J connectivity index is 2.14. The van der Waals surface area contributed by atoms with Gasteiger partial charge >= 0.3 is 5.97 Å². The molecule has 0 bridgehead atoms. The van der Waals surface area contributed by atoms with Crippen LogP contribution in [0.5, 0.6) is 0 Å². The van der Waals surface area contributed by atoms with E-state index in [-0.39, 0.29) is 22.2 Å². The van der Waals surface area contributed by atoms with Crippen LogP contribution in [0.25, 0.3) is 5.76 Å². The van der Waals surface area contributed by atoms with E-state index in [1.807, 2.05) is 24.3 Å². The van der Waals surface area contributed by atoms with E-state index in [2.05, 4.69) is 39.6 Å². The number of hydrogen-bond acceptors (Lipinski definition) is 5. The molecule has 1 aliphatic heterocycles. The van der Waals surface area contributed by atoms with E-state index in [1.165, 1.54) is 12.0 Å². The Hall–Kier alpha value is -3.39. The second-order valence-electron chi connectivity index (χ2n) is 11.0. The number of likely N-dealkylation sites (tertiary alicyclic amines) is 1. The van der Waals surface area contributed by atoms with Crippen LogP contribution in [0.3, 0.4) is 0 Å². The molecule has 1 aliphatic rings. The number of rotatable bonds is 9. The number of nitrogens with zero attached hydrogens (tertiary/aromatic N) is 1. The molecule has 2 N–H and O–H groups in total. The minimum atomic E-state index is -0.793. The molecule has 1 aromatic heterocycles. The number of methoxy groups -OCH3 is 1. The summed E-state index contributed by atoms with van der Waals surface area (Å²) in [6.07, 6.45) is 0.711. The molecule has 1 atom stereocenters. The highest BCUT2D eigenvalue weighted by atomic mass is 16.5. The number of carbonyl (C=O) groups is 3. The predicted octanol–water partition coefficient (Wildman–Crippen LogP) is 2.25. The normalized spacial score (nSPS) is 17.5. The smallest absolute Gasteiger partial charge is 0.354 e. The molecule has 2 aromatic rings. The monoisotopic (exact) mass is 523 g/mol. The van der Waals surface area contributed by atoms with Gasteiger partial charge in [-0.15, -0.1) is 0 Å². The lowest BCUT2D eigenvalue weighted by Gasteiger charge is -2.29. The molecule has 1 amide bonds. The van der Waals surface area contributed by atoms with Crippen molar-refractivity contribution in [1.29, 1.82) is 0 Å². The lowest BCUT2D eigenvalue weighted by molar-refractivity contribution is -0.896. The van der Waals surface area contributed by atoms with Crippen molar-refractivity contribution in [3.63, 3.8) is 0 Å². The standard InChI is InChI=1S/C30H41N3O5/c1-9-32(10-2)16-11-17-33-25(20-12-14-21(15-13-20)30(5,6)7)23(27(35)28(33)36)26(34)22-18(3)24(29(37)38-8)31-19(22)4/h12-15,25,31,34H,9-11,16-17H2,1-8H3. The first-order valence-corrected chi connectivity index (χ1v) is 13.4. The number of aromatic amines is 1. The topological polar surface area (TPSA) is 107 Å². The fourth-order valence-corrected chi connectivity index (χ4v) is 5.25. The lowest BCUT2D eigenvalue weighted by atomic mass is 9.85. The molecular formula is C30H41N3O5. The number of benzene rings is 1. The first kappa shape index (κ1) is 29.2. The van der Waals surface area contributed by atoms with Crippen LogP contribution >= 0.6 is 0 Å². The fraction of sp³-hybridized carbons (Fsp3) is 0.500. The third-order valence-corrected chi connectivity index (χ3v) is 7.61. The number of aromatic nitrogens is 1. The van der Waals surface area contributed by atoms with Gasteiger partial charge in [0.1, 0.15) is 5.69 Å². The van der Waals surface area contributed by atoms with Crippen molar-refractivity contribution in [2.75, 3.05) is 33.3 Å². The quantitative estimate of drug-likeness (QED) is 0.227. The van der Waals surface area contributed by atoms with Crippen molar-refractivity contribution in [1.82, 2.24) is 9.88 Å². The maximum absolute atomic E-state index is 14.0. The zero-order valence-electron chi connectivity index (χ0n) is 23.9. The van der Waals surface area contributed by atoms with Gasteiger partial charge in [0.2, 0.25) is 5.78 Å². The molecule has 0 aliphatic carbocycles. The Morgan fingerprint density at radius 2 is 1.71 bits per heavy atom. The van der Waals surface area contributed by atoms with Crippen LogP contribution in [0.2, 0.25) is 0 Å². The van der Waals surface area contributed by atoms with Gasteiger partial charge < -0.3 is 24.6 Å². The van der Waals surface area contributed by atoms with Gasteiger partial charge in [-0.05, 0) is 55.4 Å². The molecule has 1 unspecified atom stereocenters. The summed E-state index contributed by atoms with van der Waals surface area (Å²) >= 11 is 0. The van der Waals surface area contributed by atoms with E-state index >= 15 is 0 Å². The summed E-state index contributed by atoms with van der Waals surface area (Å²) in [4.78, 5) is 44.8. The van der Waals surface area contributed by atoms with Crippen molar-refractivity contribution in [2.24, 2.45) is 0 Å². The Kier molecular flexibility index (Phi) is 8.87. The summed E-state index contributed by atoms with van der Waals surface area (Å²) in [6, 6.07) is 7.00. The average Bonchev–Trinajstić information content (AvgIpc) is 3.32. The average molecular weight is 524 g/mol. The van der Waals surface area contributed by atoms with E-state index in [1.54, 1.807) is 18.7 Å². The number of ether oxygens (including phenoxy) is 1. The summed E-state index contributed by atoms with van der Waals surface area (Å²) < 4.78 is 4.84. The zero-order chi connectivity index (χ0) is 28.4. The van der Waals surface area contributed by atoms with E-state index in [9.17, 15) is 19.5 Å². The molecule has 0 saturated carbocycles. The Labute approximate surface area is 225 Å². The van der Waals surface area contributed by atoms with Gasteiger partial charge in [-0.2, -0.15) is 0 Å². The molecule has 0 spiro atoms. The third-order valence-electron chi connectivity index (χ3n) is 7.61. The summed E-state index contributed by atoms with van der Waals surface area (Å²) in [5.74, 6) is -2.58. The van der Waals surface area contributed by atoms with Gasteiger partial charge in [-0.3, -0.25) is 9.59 Å². The number of H-pyrrole nitrogens is 1. The number of ketones is 1. The molecule has 0 radical (unpaired) electrons. The number of nitrogens with one attached hydrogen (secondary N) is 2. The van der Waals surface area contributed by atoms with Gasteiger partial charge in [0.25, 0.3) is 5.91 Å². The number of hydrogen-bond donors (Lipinski definition) is 2.